The fourth-order valence-electron chi connectivity index (χ4n) is 3.10. The first-order chi connectivity index (χ1) is 13.7. The number of sulfonamides is 1. The normalized spacial score (nSPS) is 12.3. The first-order valence-electron chi connectivity index (χ1n) is 9.73. The summed E-state index contributed by atoms with van der Waals surface area (Å²) in [5, 5.41) is 2.86. The minimum atomic E-state index is -3.64. The van der Waals surface area contributed by atoms with Gasteiger partial charge in [0.15, 0.2) is 0 Å². The van der Waals surface area contributed by atoms with Crippen LogP contribution in [0.1, 0.15) is 37.0 Å². The standard InChI is InChI=1S/C22H30N2O4S/c1-6-21(22(25)23-15-18-9-12-20(13-10-18)28-7-2)24(29(5,26)27)19-11-8-16(3)17(4)14-19/h8-14,21H,6-7,15H2,1-5H3,(H,23,25). The molecular weight excluding hydrogens is 388 g/mol. The smallest absolute Gasteiger partial charge is 0.244 e. The molecule has 0 radical (unpaired) electrons. The molecule has 2 rings (SSSR count). The van der Waals surface area contributed by atoms with Gasteiger partial charge in [-0.15, -0.1) is 0 Å². The SMILES string of the molecule is CCOc1ccc(CNC(=O)C(CC)N(c2ccc(C)c(C)c2)S(C)(=O)=O)cc1. The molecule has 158 valence electrons. The molecule has 0 heterocycles. The Morgan fingerprint density at radius 1 is 1.07 bits per heavy atom. The van der Waals surface area contributed by atoms with Crippen LogP contribution >= 0.6 is 0 Å². The van der Waals surface area contributed by atoms with Gasteiger partial charge in [0.2, 0.25) is 15.9 Å². The topological polar surface area (TPSA) is 75.7 Å². The molecule has 1 N–H and O–H groups in total. The lowest BCUT2D eigenvalue weighted by Gasteiger charge is -2.30. The summed E-state index contributed by atoms with van der Waals surface area (Å²) < 4.78 is 31.7. The predicted molar refractivity (Wildman–Crippen MR) is 117 cm³/mol. The van der Waals surface area contributed by atoms with Gasteiger partial charge < -0.3 is 10.1 Å². The van der Waals surface area contributed by atoms with Crippen LogP contribution in [0, 0.1) is 13.8 Å². The highest BCUT2D eigenvalue weighted by Gasteiger charge is 2.31. The Bertz CT molecular complexity index is 940. The van der Waals surface area contributed by atoms with E-state index in [1.54, 1.807) is 19.1 Å². The number of ether oxygens (including phenoxy) is 1. The molecule has 2 aromatic carbocycles. The van der Waals surface area contributed by atoms with Gasteiger partial charge in [-0.25, -0.2) is 8.42 Å². The molecule has 6 nitrogen and oxygen atoms in total. The largest absolute Gasteiger partial charge is 0.494 e. The molecule has 0 fully saturated rings. The zero-order valence-corrected chi connectivity index (χ0v) is 18.5. The van der Waals surface area contributed by atoms with Crippen molar-refractivity contribution in [1.82, 2.24) is 5.32 Å². The average molecular weight is 419 g/mol. The molecule has 2 aromatic rings. The van der Waals surface area contributed by atoms with E-state index in [2.05, 4.69) is 5.32 Å². The zero-order chi connectivity index (χ0) is 21.6. The number of nitrogens with one attached hydrogen (secondary N) is 1. The Labute approximate surface area is 173 Å². The van der Waals surface area contributed by atoms with Crippen molar-refractivity contribution in [3.8, 4) is 5.75 Å². The maximum Gasteiger partial charge on any atom is 0.244 e. The predicted octanol–water partition coefficient (Wildman–Crippen LogP) is 3.56. The van der Waals surface area contributed by atoms with Crippen LogP contribution in [0.15, 0.2) is 42.5 Å². The van der Waals surface area contributed by atoms with Crippen molar-refractivity contribution in [3.63, 3.8) is 0 Å². The highest BCUT2D eigenvalue weighted by Crippen LogP contribution is 2.25. The van der Waals surface area contributed by atoms with Crippen molar-refractivity contribution in [1.29, 1.82) is 0 Å². The highest BCUT2D eigenvalue weighted by atomic mass is 32.2. The minimum absolute atomic E-state index is 0.312. The van der Waals surface area contributed by atoms with Gasteiger partial charge in [0, 0.05) is 6.54 Å². The van der Waals surface area contributed by atoms with Gasteiger partial charge in [0.05, 0.1) is 18.6 Å². The van der Waals surface area contributed by atoms with E-state index in [-0.39, 0.29) is 5.91 Å². The van der Waals surface area contributed by atoms with E-state index in [1.165, 1.54) is 4.31 Å². The molecule has 0 bridgehead atoms. The van der Waals surface area contributed by atoms with Crippen LogP contribution in [0.3, 0.4) is 0 Å². The number of amides is 1. The second kappa shape index (κ2) is 9.78. The second-order valence-electron chi connectivity index (χ2n) is 7.05. The van der Waals surface area contributed by atoms with Gasteiger partial charge in [0.25, 0.3) is 0 Å². The summed E-state index contributed by atoms with van der Waals surface area (Å²) in [6.45, 7) is 8.51. The third kappa shape index (κ3) is 5.97. The first-order valence-corrected chi connectivity index (χ1v) is 11.6. The van der Waals surface area contributed by atoms with Gasteiger partial charge >= 0.3 is 0 Å². The number of hydrogen-bond donors (Lipinski definition) is 1. The maximum absolute atomic E-state index is 12.9. The Balaban J connectivity index is 2.20. The molecule has 0 spiro atoms. The number of aryl methyl sites for hydroxylation is 2. The minimum Gasteiger partial charge on any atom is -0.494 e. The molecule has 1 unspecified atom stereocenters. The second-order valence-corrected chi connectivity index (χ2v) is 8.91. The Hall–Kier alpha value is -2.54. The van der Waals surface area contributed by atoms with Crippen molar-refractivity contribution in [3.05, 3.63) is 59.2 Å². The average Bonchev–Trinajstić information content (AvgIpc) is 2.67. The van der Waals surface area contributed by atoms with E-state index in [4.69, 9.17) is 4.74 Å². The lowest BCUT2D eigenvalue weighted by atomic mass is 10.1. The summed E-state index contributed by atoms with van der Waals surface area (Å²) in [5.74, 6) is 0.442. The molecule has 0 aromatic heterocycles. The molecule has 0 aliphatic rings. The van der Waals surface area contributed by atoms with Crippen LogP contribution in [-0.2, 0) is 21.4 Å². The van der Waals surface area contributed by atoms with Gasteiger partial charge in [-0.05, 0) is 68.1 Å². The van der Waals surface area contributed by atoms with Crippen molar-refractivity contribution in [2.45, 2.75) is 46.7 Å². The third-order valence-electron chi connectivity index (χ3n) is 4.78. The molecule has 7 heteroatoms. The Morgan fingerprint density at radius 3 is 2.24 bits per heavy atom. The summed E-state index contributed by atoms with van der Waals surface area (Å²) in [6.07, 6.45) is 1.49. The molecule has 1 atom stereocenters. The third-order valence-corrected chi connectivity index (χ3v) is 5.96. The van der Waals surface area contributed by atoms with Gasteiger partial charge in [0.1, 0.15) is 11.8 Å². The van der Waals surface area contributed by atoms with E-state index in [1.807, 2.05) is 51.1 Å². The van der Waals surface area contributed by atoms with Gasteiger partial charge in [-0.3, -0.25) is 9.10 Å². The van der Waals surface area contributed by atoms with Crippen molar-refractivity contribution < 1.29 is 17.9 Å². The molecular formula is C22H30N2O4S. The number of hydrogen-bond acceptors (Lipinski definition) is 4. The maximum atomic E-state index is 12.9. The summed E-state index contributed by atoms with van der Waals surface area (Å²) in [7, 11) is -3.64. The molecule has 0 aliphatic heterocycles. The molecule has 0 aliphatic carbocycles. The van der Waals surface area contributed by atoms with Crippen LogP contribution in [0.2, 0.25) is 0 Å². The van der Waals surface area contributed by atoms with E-state index < -0.39 is 16.1 Å². The van der Waals surface area contributed by atoms with Gasteiger partial charge in [-0.2, -0.15) is 0 Å². The Morgan fingerprint density at radius 2 is 1.72 bits per heavy atom. The lowest BCUT2D eigenvalue weighted by Crippen LogP contribution is -2.49. The fraction of sp³-hybridized carbons (Fsp3) is 0.409. The Kier molecular flexibility index (Phi) is 7.67. The van der Waals surface area contributed by atoms with Crippen LogP contribution in [0.4, 0.5) is 5.69 Å². The first kappa shape index (κ1) is 22.7. The van der Waals surface area contributed by atoms with Crippen molar-refractivity contribution in [2.75, 3.05) is 17.2 Å². The highest BCUT2D eigenvalue weighted by molar-refractivity contribution is 7.92. The van der Waals surface area contributed by atoms with Crippen molar-refractivity contribution in [2.24, 2.45) is 0 Å². The summed E-state index contributed by atoms with van der Waals surface area (Å²) in [4.78, 5) is 12.9. The van der Waals surface area contributed by atoms with Crippen LogP contribution < -0.4 is 14.4 Å². The quantitative estimate of drug-likeness (QED) is 0.676. The number of anilines is 1. The number of carbonyl (C=O) groups excluding carboxylic acids is 1. The fourth-order valence-corrected chi connectivity index (χ4v) is 4.30. The van der Waals surface area contributed by atoms with E-state index in [9.17, 15) is 13.2 Å². The van der Waals surface area contributed by atoms with Crippen LogP contribution in [-0.4, -0.2) is 33.2 Å². The molecule has 1 amide bonds. The van der Waals surface area contributed by atoms with E-state index in [0.717, 1.165) is 28.7 Å². The number of carbonyl (C=O) groups is 1. The molecule has 0 saturated carbocycles. The summed E-state index contributed by atoms with van der Waals surface area (Å²) >= 11 is 0. The monoisotopic (exact) mass is 418 g/mol. The van der Waals surface area contributed by atoms with E-state index in [0.29, 0.717) is 25.3 Å². The summed E-state index contributed by atoms with van der Waals surface area (Å²) in [5.41, 5.74) is 3.45. The number of rotatable bonds is 9. The molecule has 0 saturated heterocycles. The van der Waals surface area contributed by atoms with Crippen LogP contribution in [0.25, 0.3) is 0 Å². The lowest BCUT2D eigenvalue weighted by molar-refractivity contribution is -0.122. The number of nitrogens with zero attached hydrogens (tertiary/aromatic N) is 1. The molecule has 29 heavy (non-hydrogen) atoms. The van der Waals surface area contributed by atoms with Gasteiger partial charge in [-0.1, -0.05) is 25.1 Å². The zero-order valence-electron chi connectivity index (χ0n) is 17.7. The number of benzene rings is 2. The summed E-state index contributed by atoms with van der Waals surface area (Å²) in [6, 6.07) is 12.0. The van der Waals surface area contributed by atoms with Crippen molar-refractivity contribution >= 4 is 21.6 Å². The van der Waals surface area contributed by atoms with E-state index >= 15 is 0 Å². The van der Waals surface area contributed by atoms with Crippen LogP contribution in [0.5, 0.6) is 5.75 Å².